The predicted molar refractivity (Wildman–Crippen MR) is 237 cm³/mol. The van der Waals surface area contributed by atoms with Crippen LogP contribution in [0, 0.1) is 0 Å². The van der Waals surface area contributed by atoms with Crippen molar-refractivity contribution in [2.75, 3.05) is 4.90 Å². The van der Waals surface area contributed by atoms with Crippen molar-refractivity contribution >= 4 is 60.9 Å². The standard InChI is InChI=1S/C54H33NO3/c1-2-10-40(11-3-1)55-47-30-28-38(34-20-24-36(25-21-34)41-14-8-16-45-43-12-4-6-18-49(43)57-53(41)45)32-51(47)56-52-33-39(29-31-48(52)55)35-22-26-37(27-23-35)42-15-9-17-46-44-13-5-7-19-50(44)58-54(42)46/h1-33H. The average Bonchev–Trinajstić information content (AvgIpc) is 3.87. The molecule has 0 saturated heterocycles. The fraction of sp³-hybridized carbons (Fsp3) is 0. The largest absolute Gasteiger partial charge is 0.455 e. The molecule has 0 bridgehead atoms. The smallest absolute Gasteiger partial charge is 0.152 e. The Morgan fingerprint density at radius 1 is 0.310 bits per heavy atom. The van der Waals surface area contributed by atoms with Crippen molar-refractivity contribution in [3.05, 3.63) is 200 Å². The molecule has 1 aliphatic rings. The van der Waals surface area contributed by atoms with Gasteiger partial charge in [-0.2, -0.15) is 0 Å². The maximum absolute atomic E-state index is 6.83. The first-order chi connectivity index (χ1) is 28.7. The lowest BCUT2D eigenvalue weighted by atomic mass is 9.97. The number of hydrogen-bond acceptors (Lipinski definition) is 4. The molecule has 4 nitrogen and oxygen atoms in total. The van der Waals surface area contributed by atoms with E-state index in [2.05, 4.69) is 181 Å². The second-order valence-corrected chi connectivity index (χ2v) is 14.9. The van der Waals surface area contributed by atoms with Crippen molar-refractivity contribution in [2.24, 2.45) is 0 Å². The fourth-order valence-electron chi connectivity index (χ4n) is 8.66. The van der Waals surface area contributed by atoms with Gasteiger partial charge in [0.1, 0.15) is 22.3 Å². The van der Waals surface area contributed by atoms with Gasteiger partial charge >= 0.3 is 0 Å². The molecule has 0 atom stereocenters. The third kappa shape index (κ3) is 5.16. The summed E-state index contributed by atoms with van der Waals surface area (Å²) >= 11 is 0. The van der Waals surface area contributed by atoms with E-state index < -0.39 is 0 Å². The van der Waals surface area contributed by atoms with Gasteiger partial charge in [0.2, 0.25) is 0 Å². The molecule has 9 aromatic carbocycles. The van der Waals surface area contributed by atoms with Crippen molar-refractivity contribution in [1.29, 1.82) is 0 Å². The third-order valence-corrected chi connectivity index (χ3v) is 11.5. The number of fused-ring (bicyclic) bond motifs is 8. The number of ether oxygens (including phenoxy) is 1. The normalized spacial score (nSPS) is 12.2. The molecule has 1 aliphatic heterocycles. The fourth-order valence-corrected chi connectivity index (χ4v) is 8.66. The van der Waals surface area contributed by atoms with Crippen molar-refractivity contribution in [3.63, 3.8) is 0 Å². The summed E-state index contributed by atoms with van der Waals surface area (Å²) < 4.78 is 19.5. The van der Waals surface area contributed by atoms with Gasteiger partial charge in [-0.1, -0.05) is 152 Å². The highest BCUT2D eigenvalue weighted by Crippen LogP contribution is 2.52. The van der Waals surface area contributed by atoms with Crippen molar-refractivity contribution in [1.82, 2.24) is 0 Å². The third-order valence-electron chi connectivity index (χ3n) is 11.5. The Morgan fingerprint density at radius 2 is 0.724 bits per heavy atom. The zero-order valence-electron chi connectivity index (χ0n) is 31.2. The molecule has 0 aliphatic carbocycles. The number of furan rings is 2. The highest BCUT2D eigenvalue weighted by Gasteiger charge is 2.27. The molecule has 58 heavy (non-hydrogen) atoms. The number of anilines is 3. The van der Waals surface area contributed by atoms with Gasteiger partial charge in [-0.05, 0) is 81.9 Å². The van der Waals surface area contributed by atoms with Crippen LogP contribution in [0.3, 0.4) is 0 Å². The van der Waals surface area contributed by atoms with E-state index in [0.717, 1.165) is 117 Å². The van der Waals surface area contributed by atoms with Gasteiger partial charge in [0.25, 0.3) is 0 Å². The van der Waals surface area contributed by atoms with Gasteiger partial charge in [0, 0.05) is 38.4 Å². The quantitative estimate of drug-likeness (QED) is 0.176. The molecule has 11 aromatic rings. The van der Waals surface area contributed by atoms with E-state index in [1.54, 1.807) is 0 Å². The molecular weight excluding hydrogens is 711 g/mol. The van der Waals surface area contributed by atoms with Crippen LogP contribution >= 0.6 is 0 Å². The minimum Gasteiger partial charge on any atom is -0.455 e. The van der Waals surface area contributed by atoms with Gasteiger partial charge in [0.05, 0.1) is 11.4 Å². The van der Waals surface area contributed by atoms with Crippen molar-refractivity contribution in [3.8, 4) is 56.0 Å². The molecule has 272 valence electrons. The van der Waals surface area contributed by atoms with Gasteiger partial charge in [-0.3, -0.25) is 0 Å². The van der Waals surface area contributed by atoms with Crippen LogP contribution in [-0.4, -0.2) is 0 Å². The maximum atomic E-state index is 6.83. The molecule has 0 N–H and O–H groups in total. The summed E-state index contributed by atoms with van der Waals surface area (Å²) in [5, 5.41) is 4.53. The lowest BCUT2D eigenvalue weighted by Gasteiger charge is -2.33. The molecule has 0 radical (unpaired) electrons. The predicted octanol–water partition coefficient (Wildman–Crippen LogP) is 15.7. The highest BCUT2D eigenvalue weighted by molar-refractivity contribution is 6.10. The molecule has 4 heteroatoms. The number of nitrogens with zero attached hydrogens (tertiary/aromatic N) is 1. The monoisotopic (exact) mass is 743 g/mol. The first kappa shape index (κ1) is 32.4. The summed E-state index contributed by atoms with van der Waals surface area (Å²) in [6.45, 7) is 0. The van der Waals surface area contributed by atoms with Crippen molar-refractivity contribution in [2.45, 2.75) is 0 Å². The Kier molecular flexibility index (Phi) is 7.20. The van der Waals surface area contributed by atoms with Crippen LogP contribution in [0.25, 0.3) is 88.4 Å². The van der Waals surface area contributed by atoms with Crippen LogP contribution in [0.1, 0.15) is 0 Å². The Hall–Kier alpha value is -7.82. The van der Waals surface area contributed by atoms with Crippen LogP contribution in [-0.2, 0) is 0 Å². The summed E-state index contributed by atoms with van der Waals surface area (Å²) in [5.41, 5.74) is 15.4. The Balaban J connectivity index is 0.887. The van der Waals surface area contributed by atoms with E-state index >= 15 is 0 Å². The van der Waals surface area contributed by atoms with Crippen LogP contribution in [0.2, 0.25) is 0 Å². The SMILES string of the molecule is c1ccc(N2c3ccc(-c4ccc(-c5cccc6c5oc5ccccc56)cc4)cc3Oc3cc(-c4ccc(-c5cccc6c5oc5ccccc56)cc4)ccc32)cc1. The van der Waals surface area contributed by atoms with E-state index in [9.17, 15) is 0 Å². The summed E-state index contributed by atoms with van der Waals surface area (Å²) in [5.74, 6) is 1.60. The minimum atomic E-state index is 0.802. The van der Waals surface area contributed by atoms with Gasteiger partial charge in [0.15, 0.2) is 11.5 Å². The number of para-hydroxylation sites is 5. The molecule has 0 spiro atoms. The lowest BCUT2D eigenvalue weighted by Crippen LogP contribution is -2.15. The van der Waals surface area contributed by atoms with Crippen LogP contribution < -0.4 is 9.64 Å². The zero-order valence-corrected chi connectivity index (χ0v) is 31.2. The van der Waals surface area contributed by atoms with E-state index in [1.165, 1.54) is 0 Å². The topological polar surface area (TPSA) is 38.8 Å². The average molecular weight is 744 g/mol. The minimum absolute atomic E-state index is 0.802. The number of benzene rings is 9. The molecule has 0 fully saturated rings. The van der Waals surface area contributed by atoms with Gasteiger partial charge in [-0.15, -0.1) is 0 Å². The summed E-state index contributed by atoms with van der Waals surface area (Å²) in [4.78, 5) is 2.29. The molecule has 3 heterocycles. The van der Waals surface area contributed by atoms with Gasteiger partial charge in [-0.25, -0.2) is 0 Å². The van der Waals surface area contributed by atoms with E-state index in [-0.39, 0.29) is 0 Å². The number of rotatable bonds is 5. The van der Waals surface area contributed by atoms with E-state index in [4.69, 9.17) is 13.6 Å². The van der Waals surface area contributed by atoms with Crippen LogP contribution in [0.4, 0.5) is 17.1 Å². The Morgan fingerprint density at radius 3 is 1.22 bits per heavy atom. The van der Waals surface area contributed by atoms with Crippen LogP contribution in [0.15, 0.2) is 209 Å². The lowest BCUT2D eigenvalue weighted by molar-refractivity contribution is 0.477. The molecule has 2 aromatic heterocycles. The molecule has 0 saturated carbocycles. The number of hydrogen-bond donors (Lipinski definition) is 0. The molecule has 0 unspecified atom stereocenters. The first-order valence-electron chi connectivity index (χ1n) is 19.6. The van der Waals surface area contributed by atoms with Crippen molar-refractivity contribution < 1.29 is 13.6 Å². The van der Waals surface area contributed by atoms with E-state index in [1.807, 2.05) is 24.3 Å². The maximum Gasteiger partial charge on any atom is 0.152 e. The highest BCUT2D eigenvalue weighted by atomic mass is 16.5. The second kappa shape index (κ2) is 12.9. The summed E-state index contributed by atoms with van der Waals surface area (Å²) in [6, 6.07) is 70.1. The first-order valence-corrected chi connectivity index (χ1v) is 19.6. The van der Waals surface area contributed by atoms with Crippen LogP contribution in [0.5, 0.6) is 11.5 Å². The Labute approximate surface area is 334 Å². The van der Waals surface area contributed by atoms with Gasteiger partial charge < -0.3 is 18.5 Å². The molecule has 12 rings (SSSR count). The molecule has 0 amide bonds. The molecular formula is C54H33NO3. The second-order valence-electron chi connectivity index (χ2n) is 14.9. The van der Waals surface area contributed by atoms with E-state index in [0.29, 0.717) is 0 Å². The summed E-state index contributed by atoms with van der Waals surface area (Å²) in [6.07, 6.45) is 0. The summed E-state index contributed by atoms with van der Waals surface area (Å²) in [7, 11) is 0. The zero-order chi connectivity index (χ0) is 38.2. The Bertz CT molecular complexity index is 3150.